The zero-order valence-corrected chi connectivity index (χ0v) is 14.4. The molecule has 1 aromatic rings. The molecule has 1 amide bonds. The molecule has 1 aliphatic rings. The Morgan fingerprint density at radius 3 is 2.30 bits per heavy atom. The summed E-state index contributed by atoms with van der Waals surface area (Å²) in [5.74, 6) is -0.252. The van der Waals surface area contributed by atoms with Gasteiger partial charge in [-0.3, -0.25) is 14.6 Å². The Morgan fingerprint density at radius 2 is 1.74 bits per heavy atom. The van der Waals surface area contributed by atoms with E-state index in [0.717, 1.165) is 0 Å². The molecule has 0 bridgehead atoms. The summed E-state index contributed by atoms with van der Waals surface area (Å²) in [6.45, 7) is 4.07. The van der Waals surface area contributed by atoms with Crippen molar-refractivity contribution in [2.24, 2.45) is 10.8 Å². The second kappa shape index (κ2) is 6.83. The minimum atomic E-state index is -0.498. The molecular weight excluding hydrogens is 318 g/mol. The SMILES string of the molecule is COC(=O)[C@]1(C)CC[C@](C)(C(=O)NCc2nccnc2Cl)CC1. The van der Waals surface area contributed by atoms with Crippen LogP contribution < -0.4 is 5.32 Å². The highest BCUT2D eigenvalue weighted by Gasteiger charge is 2.45. The Kier molecular flexibility index (Phi) is 5.24. The maximum atomic E-state index is 12.5. The number of methoxy groups -OCH3 is 1. The molecule has 0 saturated heterocycles. The van der Waals surface area contributed by atoms with Gasteiger partial charge in [-0.25, -0.2) is 4.98 Å². The lowest BCUT2D eigenvalue weighted by molar-refractivity contribution is -0.156. The Bertz CT molecular complexity index is 598. The summed E-state index contributed by atoms with van der Waals surface area (Å²) in [6, 6.07) is 0. The van der Waals surface area contributed by atoms with Crippen LogP contribution in [0.3, 0.4) is 0 Å². The van der Waals surface area contributed by atoms with Gasteiger partial charge in [0.1, 0.15) is 0 Å². The van der Waals surface area contributed by atoms with Crippen molar-refractivity contribution in [2.75, 3.05) is 7.11 Å². The van der Waals surface area contributed by atoms with Crippen LogP contribution in [0.5, 0.6) is 0 Å². The van der Waals surface area contributed by atoms with Gasteiger partial charge in [0.05, 0.1) is 24.8 Å². The highest BCUT2D eigenvalue weighted by Crippen LogP contribution is 2.45. The second-order valence-corrected chi connectivity index (χ2v) is 6.95. The minimum absolute atomic E-state index is 0.0499. The van der Waals surface area contributed by atoms with Crippen LogP contribution in [0.4, 0.5) is 0 Å². The summed E-state index contributed by atoms with van der Waals surface area (Å²) in [6.07, 6.45) is 5.59. The third-order valence-corrected chi connectivity index (χ3v) is 5.14. The van der Waals surface area contributed by atoms with Gasteiger partial charge >= 0.3 is 5.97 Å². The third-order valence-electron chi connectivity index (χ3n) is 4.82. The number of carbonyl (C=O) groups excluding carboxylic acids is 2. The van der Waals surface area contributed by atoms with Crippen LogP contribution in [-0.2, 0) is 20.9 Å². The van der Waals surface area contributed by atoms with Crippen molar-refractivity contribution < 1.29 is 14.3 Å². The van der Waals surface area contributed by atoms with Crippen molar-refractivity contribution in [3.05, 3.63) is 23.2 Å². The lowest BCUT2D eigenvalue weighted by Crippen LogP contribution is -2.45. The second-order valence-electron chi connectivity index (χ2n) is 6.59. The molecule has 0 radical (unpaired) electrons. The predicted molar refractivity (Wildman–Crippen MR) is 85.6 cm³/mol. The maximum Gasteiger partial charge on any atom is 0.311 e. The van der Waals surface area contributed by atoms with Crippen LogP contribution in [-0.4, -0.2) is 29.0 Å². The fourth-order valence-electron chi connectivity index (χ4n) is 2.88. The summed E-state index contributed by atoms with van der Waals surface area (Å²) in [5, 5.41) is 3.17. The molecule has 0 aliphatic heterocycles. The number of rotatable bonds is 4. The van der Waals surface area contributed by atoms with Gasteiger partial charge in [0.15, 0.2) is 5.15 Å². The van der Waals surface area contributed by atoms with E-state index in [-0.39, 0.29) is 18.4 Å². The van der Waals surface area contributed by atoms with E-state index in [0.29, 0.717) is 36.5 Å². The monoisotopic (exact) mass is 339 g/mol. The van der Waals surface area contributed by atoms with Crippen molar-refractivity contribution in [3.63, 3.8) is 0 Å². The Hall–Kier alpha value is -1.69. The molecule has 0 unspecified atom stereocenters. The van der Waals surface area contributed by atoms with Gasteiger partial charge in [-0.15, -0.1) is 0 Å². The zero-order chi connectivity index (χ0) is 17.1. The van der Waals surface area contributed by atoms with Crippen LogP contribution in [0.25, 0.3) is 0 Å². The summed E-state index contributed by atoms with van der Waals surface area (Å²) in [5.41, 5.74) is -0.452. The molecule has 23 heavy (non-hydrogen) atoms. The number of aromatic nitrogens is 2. The molecular formula is C16H22ClN3O3. The first-order valence-electron chi connectivity index (χ1n) is 7.63. The van der Waals surface area contributed by atoms with E-state index in [1.165, 1.54) is 19.5 Å². The molecule has 1 fully saturated rings. The van der Waals surface area contributed by atoms with Crippen LogP contribution in [0.2, 0.25) is 5.15 Å². The number of nitrogens with zero attached hydrogens (tertiary/aromatic N) is 2. The molecule has 1 aliphatic carbocycles. The van der Waals surface area contributed by atoms with Crippen LogP contribution in [0, 0.1) is 10.8 Å². The van der Waals surface area contributed by atoms with Crippen LogP contribution in [0.15, 0.2) is 12.4 Å². The summed E-state index contributed by atoms with van der Waals surface area (Å²) in [4.78, 5) is 32.4. The Labute approximate surface area is 141 Å². The van der Waals surface area contributed by atoms with E-state index in [4.69, 9.17) is 16.3 Å². The van der Waals surface area contributed by atoms with Gasteiger partial charge < -0.3 is 10.1 Å². The minimum Gasteiger partial charge on any atom is -0.469 e. The molecule has 2 rings (SSSR count). The smallest absolute Gasteiger partial charge is 0.311 e. The van der Waals surface area contributed by atoms with Crippen molar-refractivity contribution in [2.45, 2.75) is 46.1 Å². The number of hydrogen-bond donors (Lipinski definition) is 1. The highest BCUT2D eigenvalue weighted by molar-refractivity contribution is 6.29. The van der Waals surface area contributed by atoms with Gasteiger partial charge in [-0.2, -0.15) is 0 Å². The fraction of sp³-hybridized carbons (Fsp3) is 0.625. The van der Waals surface area contributed by atoms with Crippen LogP contribution >= 0.6 is 11.6 Å². The van der Waals surface area contributed by atoms with Gasteiger partial charge in [0.25, 0.3) is 0 Å². The van der Waals surface area contributed by atoms with Gasteiger partial charge in [-0.05, 0) is 32.6 Å². The number of amides is 1. The first kappa shape index (κ1) is 17.7. The first-order valence-corrected chi connectivity index (χ1v) is 8.01. The Balaban J connectivity index is 1.95. The third kappa shape index (κ3) is 3.80. The molecule has 0 atom stereocenters. The molecule has 1 N–H and O–H groups in total. The number of carbonyl (C=O) groups is 2. The predicted octanol–water partition coefficient (Wildman–Crippen LogP) is 2.51. The fourth-order valence-corrected chi connectivity index (χ4v) is 3.05. The largest absolute Gasteiger partial charge is 0.469 e. The summed E-state index contributed by atoms with van der Waals surface area (Å²) >= 11 is 5.94. The van der Waals surface area contributed by atoms with E-state index >= 15 is 0 Å². The van der Waals surface area contributed by atoms with Crippen molar-refractivity contribution in [1.29, 1.82) is 0 Å². The van der Waals surface area contributed by atoms with Gasteiger partial charge in [-0.1, -0.05) is 18.5 Å². The molecule has 0 aromatic carbocycles. The molecule has 1 heterocycles. The van der Waals surface area contributed by atoms with E-state index < -0.39 is 10.8 Å². The topological polar surface area (TPSA) is 81.2 Å². The highest BCUT2D eigenvalue weighted by atomic mass is 35.5. The molecule has 6 nitrogen and oxygen atoms in total. The van der Waals surface area contributed by atoms with Gasteiger partial charge in [0.2, 0.25) is 5.91 Å². The van der Waals surface area contributed by atoms with E-state index in [1.807, 2.05) is 13.8 Å². The number of halogens is 1. The number of ether oxygens (including phenoxy) is 1. The lowest BCUT2D eigenvalue weighted by atomic mass is 9.64. The lowest BCUT2D eigenvalue weighted by Gasteiger charge is -2.40. The maximum absolute atomic E-state index is 12.5. The quantitative estimate of drug-likeness (QED) is 0.852. The average Bonchev–Trinajstić information content (AvgIpc) is 2.56. The van der Waals surface area contributed by atoms with Crippen molar-refractivity contribution in [1.82, 2.24) is 15.3 Å². The number of esters is 1. The van der Waals surface area contributed by atoms with Crippen LogP contribution in [0.1, 0.15) is 45.2 Å². The van der Waals surface area contributed by atoms with E-state index in [1.54, 1.807) is 0 Å². The van der Waals surface area contributed by atoms with E-state index in [2.05, 4.69) is 15.3 Å². The zero-order valence-electron chi connectivity index (χ0n) is 13.7. The van der Waals surface area contributed by atoms with E-state index in [9.17, 15) is 9.59 Å². The van der Waals surface area contributed by atoms with Crippen molar-refractivity contribution in [3.8, 4) is 0 Å². The standard InChI is InChI=1S/C16H22ClN3O3/c1-15(4-6-16(2,7-5-15)14(22)23-3)13(21)20-10-11-12(17)19-9-8-18-11/h8-9H,4-7,10H2,1-3H3,(H,20,21)/t15-,16+. The summed E-state index contributed by atoms with van der Waals surface area (Å²) in [7, 11) is 1.40. The average molecular weight is 340 g/mol. The molecule has 126 valence electrons. The molecule has 0 spiro atoms. The normalized spacial score (nSPS) is 27.3. The number of nitrogens with one attached hydrogen (secondary N) is 1. The summed E-state index contributed by atoms with van der Waals surface area (Å²) < 4.78 is 4.87. The molecule has 1 saturated carbocycles. The van der Waals surface area contributed by atoms with Gasteiger partial charge in [0, 0.05) is 17.8 Å². The molecule has 1 aromatic heterocycles. The molecule has 7 heteroatoms. The number of hydrogen-bond acceptors (Lipinski definition) is 5. The first-order chi connectivity index (χ1) is 10.8. The Morgan fingerprint density at radius 1 is 1.17 bits per heavy atom. The van der Waals surface area contributed by atoms with Crippen molar-refractivity contribution >= 4 is 23.5 Å².